The molecule has 75 heavy (non-hydrogen) atoms. The zero-order valence-corrected chi connectivity index (χ0v) is 54.7. The van der Waals surface area contributed by atoms with Crippen LogP contribution in [0.5, 0.6) is 0 Å². The Morgan fingerprint density at radius 3 is 0.787 bits per heavy atom. The highest BCUT2D eigenvalue weighted by Crippen LogP contribution is 2.34. The van der Waals surface area contributed by atoms with Crippen LogP contribution in [0, 0.1) is 0 Å². The van der Waals surface area contributed by atoms with E-state index >= 15 is 0 Å². The fourth-order valence-corrected chi connectivity index (χ4v) is 15.3. The normalized spacial score (nSPS) is 11.6. The maximum Gasteiger partial charge on any atom is 0.0736 e. The fraction of sp³-hybridized carbons (Fsp3) is 0.710. The lowest BCUT2D eigenvalue weighted by Gasteiger charge is -2.02. The van der Waals surface area contributed by atoms with E-state index in [2.05, 4.69) is 119 Å². The molecule has 0 radical (unpaired) electrons. The molecule has 6 heteroatoms. The zero-order chi connectivity index (χ0) is 52.8. The van der Waals surface area contributed by atoms with Crippen molar-refractivity contribution in [3.63, 3.8) is 0 Å². The molecule has 428 valence electrons. The van der Waals surface area contributed by atoms with Gasteiger partial charge in [-0.05, 0) is 165 Å². The number of aryl methyl sites for hydroxylation is 4. The van der Waals surface area contributed by atoms with Gasteiger partial charge in [0.05, 0.1) is 7.57 Å². The summed E-state index contributed by atoms with van der Waals surface area (Å²) in [5.74, 6) is 0. The van der Waals surface area contributed by atoms with Crippen LogP contribution in [0.3, 0.4) is 0 Å². The van der Waals surface area contributed by atoms with Crippen LogP contribution < -0.4 is 0 Å². The Morgan fingerprint density at radius 1 is 0.293 bits per heavy atom. The summed E-state index contributed by atoms with van der Waals surface area (Å²) in [4.78, 5) is 5.53. The maximum atomic E-state index is 3.83. The van der Waals surface area contributed by atoms with E-state index in [1.807, 2.05) is 45.3 Å². The lowest BCUT2D eigenvalue weighted by atomic mass is 10.0. The number of unbranched alkanes of at least 4 members (excludes halogenated alkanes) is 36. The first-order valence-electron chi connectivity index (χ1n) is 31.5. The molecule has 0 nitrogen and oxygen atoms in total. The van der Waals surface area contributed by atoms with Gasteiger partial charge < -0.3 is 0 Å². The minimum atomic E-state index is 0. The molecule has 0 amide bonds. The highest BCUT2D eigenvalue weighted by molar-refractivity contribution is 9.11. The molecule has 0 unspecified atom stereocenters. The van der Waals surface area contributed by atoms with Gasteiger partial charge in [0, 0.05) is 19.5 Å². The first kappa shape index (κ1) is 70.3. The van der Waals surface area contributed by atoms with Crippen LogP contribution in [-0.2, 0) is 25.7 Å². The van der Waals surface area contributed by atoms with E-state index in [1.165, 1.54) is 332 Å². The highest BCUT2D eigenvalue weighted by atomic mass is 79.9. The van der Waals surface area contributed by atoms with E-state index in [0.29, 0.717) is 0 Å². The van der Waals surface area contributed by atoms with E-state index in [9.17, 15) is 0 Å². The molecule has 0 saturated heterocycles. The summed E-state index contributed by atoms with van der Waals surface area (Å²) >= 11 is 15.2. The number of hydrogen-bond donors (Lipinski definition) is 0. The summed E-state index contributed by atoms with van der Waals surface area (Å²) in [6, 6.07) is 9.61. The first-order valence-corrected chi connectivity index (χ1v) is 36.5. The van der Waals surface area contributed by atoms with Gasteiger partial charge in [-0.15, -0.1) is 45.3 Å². The van der Waals surface area contributed by atoms with Crippen LogP contribution in [0.25, 0.3) is 24.3 Å². The Bertz CT molecular complexity index is 1770. The lowest BCUT2D eigenvalue weighted by molar-refractivity contribution is 0.556. The Labute approximate surface area is 499 Å². The minimum absolute atomic E-state index is 0. The molecule has 4 rings (SSSR count). The monoisotopic (exact) mass is 1230 g/mol. The molecule has 0 saturated carbocycles. The molecule has 0 N–H and O–H groups in total. The summed E-state index contributed by atoms with van der Waals surface area (Å²) in [6.45, 7) is 9.19. The Balaban J connectivity index is 0.000000507. The third-order valence-corrected chi connectivity index (χ3v) is 20.7. The molecule has 4 aromatic rings. The van der Waals surface area contributed by atoms with Crippen molar-refractivity contribution in [1.29, 1.82) is 0 Å². The SMILES string of the molecule is C.CCCCCCCCCCCCc1cc(/C=C/c2cc(CCCCCCCCCCCC)c(Br)s2)sc1Br.CCCCCCCCCCCCc1csc(/C=C/c2cc(CCCCCCCCCCCC)cs2)c1. The predicted octanol–water partition coefficient (Wildman–Crippen LogP) is 28.0. The summed E-state index contributed by atoms with van der Waals surface area (Å²) in [6.07, 6.45) is 70.5. The first-order chi connectivity index (χ1) is 36.4. The largest absolute Gasteiger partial charge is 0.144 e. The second-order valence-electron chi connectivity index (χ2n) is 22.0. The van der Waals surface area contributed by atoms with Crippen molar-refractivity contribution in [2.24, 2.45) is 0 Å². The molecule has 0 aromatic carbocycles. The predicted molar refractivity (Wildman–Crippen MR) is 359 cm³/mol. The molecule has 0 aliphatic heterocycles. The van der Waals surface area contributed by atoms with Crippen molar-refractivity contribution in [1.82, 2.24) is 0 Å². The van der Waals surface area contributed by atoms with Gasteiger partial charge in [0.25, 0.3) is 0 Å². The minimum Gasteiger partial charge on any atom is -0.144 e. The molecule has 4 heterocycles. The van der Waals surface area contributed by atoms with Gasteiger partial charge in [0.2, 0.25) is 0 Å². The number of hydrogen-bond acceptors (Lipinski definition) is 4. The van der Waals surface area contributed by atoms with Gasteiger partial charge in [-0.3, -0.25) is 0 Å². The molecule has 0 aliphatic carbocycles. The molecular weight excluding hydrogens is 1120 g/mol. The van der Waals surface area contributed by atoms with Crippen molar-refractivity contribution in [3.8, 4) is 0 Å². The van der Waals surface area contributed by atoms with Crippen molar-refractivity contribution in [2.75, 3.05) is 0 Å². The average molecular weight is 1230 g/mol. The van der Waals surface area contributed by atoms with Crippen LogP contribution in [-0.4, -0.2) is 0 Å². The van der Waals surface area contributed by atoms with Crippen LogP contribution in [0.15, 0.2) is 42.6 Å². The van der Waals surface area contributed by atoms with Gasteiger partial charge in [-0.2, -0.15) is 0 Å². The van der Waals surface area contributed by atoms with E-state index in [-0.39, 0.29) is 7.43 Å². The van der Waals surface area contributed by atoms with E-state index < -0.39 is 0 Å². The molecule has 4 aromatic heterocycles. The summed E-state index contributed by atoms with van der Waals surface area (Å²) in [7, 11) is 0. The number of rotatable bonds is 48. The smallest absolute Gasteiger partial charge is 0.0736 e. The lowest BCUT2D eigenvalue weighted by Crippen LogP contribution is -1.85. The Morgan fingerprint density at radius 2 is 0.520 bits per heavy atom. The van der Waals surface area contributed by atoms with Gasteiger partial charge in [0.1, 0.15) is 0 Å². The summed E-state index contributed by atoms with van der Waals surface area (Å²) < 4.78 is 2.64. The van der Waals surface area contributed by atoms with Crippen molar-refractivity contribution in [3.05, 3.63) is 84.4 Å². The van der Waals surface area contributed by atoms with Gasteiger partial charge in [-0.25, -0.2) is 0 Å². The zero-order valence-electron chi connectivity index (χ0n) is 48.3. The van der Waals surface area contributed by atoms with Gasteiger partial charge >= 0.3 is 0 Å². The highest BCUT2D eigenvalue weighted by Gasteiger charge is 2.09. The second kappa shape index (κ2) is 50.2. The van der Waals surface area contributed by atoms with Crippen molar-refractivity contribution < 1.29 is 0 Å². The quantitative estimate of drug-likeness (QED) is 0.0387. The Hall–Kier alpha value is -0.760. The number of halogens is 2. The topological polar surface area (TPSA) is 0 Å². The third kappa shape index (κ3) is 37.7. The fourth-order valence-electron chi connectivity index (χ4n) is 10.2. The van der Waals surface area contributed by atoms with Gasteiger partial charge in [-0.1, -0.05) is 266 Å². The molecule has 0 atom stereocenters. The molecule has 0 aliphatic rings. The standard InChI is InChI=1S/C34H54Br2S2.C34H56S2.CH4/c1-3-5-7-9-11-13-15-17-19-21-23-29-27-31(37-33(29)35)25-26-32-28-30(34(36)38-32)24-22-20-18-16-14-12-10-8-6-4-2;1-3-5-7-9-11-13-15-17-19-21-23-31-27-33(35-29-31)25-26-34-28-32(30-36-34)24-22-20-18-16-14-12-10-8-6-4-2;/h25-28H,3-24H2,1-2H3;25-30H,3-24H2,1-2H3;1H4/b2*26-25+;. The molecule has 0 fully saturated rings. The number of thiophene rings is 4. The molecule has 0 bridgehead atoms. The van der Waals surface area contributed by atoms with E-state index in [1.54, 1.807) is 0 Å². The second-order valence-corrected chi connectivity index (χ2v) is 28.7. The average Bonchev–Trinajstić information content (AvgIpc) is 4.22. The summed E-state index contributed by atoms with van der Waals surface area (Å²) in [5, 5.41) is 4.75. The van der Waals surface area contributed by atoms with E-state index in [4.69, 9.17) is 0 Å². The Kier molecular flexibility index (Phi) is 47.1. The van der Waals surface area contributed by atoms with Crippen LogP contribution in [0.4, 0.5) is 0 Å². The third-order valence-electron chi connectivity index (χ3n) is 15.0. The maximum absolute atomic E-state index is 3.83. The molecule has 0 spiro atoms. The van der Waals surface area contributed by atoms with Crippen LogP contribution in [0.2, 0.25) is 0 Å². The van der Waals surface area contributed by atoms with Crippen LogP contribution >= 0.6 is 77.2 Å². The van der Waals surface area contributed by atoms with E-state index in [0.717, 1.165) is 0 Å². The summed E-state index contributed by atoms with van der Waals surface area (Å²) in [5.41, 5.74) is 6.05. The van der Waals surface area contributed by atoms with Crippen molar-refractivity contribution >= 4 is 102 Å². The molecular formula is C69H114Br2S4. The van der Waals surface area contributed by atoms with Gasteiger partial charge in [0.15, 0.2) is 0 Å². The van der Waals surface area contributed by atoms with Crippen LogP contribution in [0.1, 0.15) is 334 Å². The van der Waals surface area contributed by atoms with Crippen molar-refractivity contribution in [2.45, 2.75) is 318 Å².